The van der Waals surface area contributed by atoms with Gasteiger partial charge in [-0.2, -0.15) is 0 Å². The van der Waals surface area contributed by atoms with E-state index in [-0.39, 0.29) is 17.5 Å². The Morgan fingerprint density at radius 3 is 2.86 bits per heavy atom. The lowest BCUT2D eigenvalue weighted by atomic mass is 9.75. The molecule has 1 spiro atoms. The summed E-state index contributed by atoms with van der Waals surface area (Å²) in [6.45, 7) is 2.94. The fourth-order valence-corrected chi connectivity index (χ4v) is 3.76. The smallest absolute Gasteiger partial charge is 0.253 e. The number of piperidine rings is 1. The summed E-state index contributed by atoms with van der Waals surface area (Å²) in [6.07, 6.45) is 10.3. The number of rotatable bonds is 2. The molecule has 1 aliphatic heterocycles. The second kappa shape index (κ2) is 6.14. The van der Waals surface area contributed by atoms with Crippen molar-refractivity contribution in [3.8, 4) is 0 Å². The normalized spacial score (nSPS) is 24.7. The number of hydrogen-bond acceptors (Lipinski definition) is 3. The lowest BCUT2D eigenvalue weighted by Crippen LogP contribution is -2.57. The van der Waals surface area contributed by atoms with Crippen molar-refractivity contribution in [2.75, 3.05) is 6.54 Å². The van der Waals surface area contributed by atoms with Gasteiger partial charge in [-0.25, -0.2) is 0 Å². The van der Waals surface area contributed by atoms with Crippen LogP contribution in [0.4, 0.5) is 0 Å². The molecule has 1 saturated heterocycles. The van der Waals surface area contributed by atoms with Gasteiger partial charge < -0.3 is 10.6 Å². The second-order valence-electron chi connectivity index (χ2n) is 6.62. The number of carbonyl (C=O) groups excluding carboxylic acids is 1. The first-order valence-electron chi connectivity index (χ1n) is 8.15. The summed E-state index contributed by atoms with van der Waals surface area (Å²) in [4.78, 5) is 16.5. The van der Waals surface area contributed by atoms with E-state index in [9.17, 15) is 4.79 Å². The zero-order valence-electron chi connectivity index (χ0n) is 12.8. The van der Waals surface area contributed by atoms with Gasteiger partial charge in [0.2, 0.25) is 0 Å². The average molecular weight is 287 g/mol. The van der Waals surface area contributed by atoms with Crippen LogP contribution in [-0.4, -0.2) is 29.0 Å². The molecule has 0 aromatic carbocycles. The number of aromatic nitrogens is 1. The predicted molar refractivity (Wildman–Crippen MR) is 83.3 cm³/mol. The molecule has 21 heavy (non-hydrogen) atoms. The van der Waals surface area contributed by atoms with Crippen LogP contribution in [-0.2, 0) is 0 Å². The minimum absolute atomic E-state index is 0.0142. The monoisotopic (exact) mass is 287 g/mol. The van der Waals surface area contributed by atoms with Gasteiger partial charge in [0.15, 0.2) is 0 Å². The maximum atomic E-state index is 12.3. The average Bonchev–Trinajstić information content (AvgIpc) is 2.49. The van der Waals surface area contributed by atoms with E-state index in [2.05, 4.69) is 15.6 Å². The molecule has 3 rings (SSSR count). The van der Waals surface area contributed by atoms with E-state index in [4.69, 9.17) is 0 Å². The first-order valence-corrected chi connectivity index (χ1v) is 8.15. The molecule has 1 aromatic heterocycles. The van der Waals surface area contributed by atoms with E-state index >= 15 is 0 Å². The number of aryl methyl sites for hydroxylation is 1. The Hall–Kier alpha value is -1.42. The highest BCUT2D eigenvalue weighted by Crippen LogP contribution is 2.34. The van der Waals surface area contributed by atoms with Crippen molar-refractivity contribution >= 4 is 5.91 Å². The van der Waals surface area contributed by atoms with E-state index in [0.717, 1.165) is 25.1 Å². The Balaban J connectivity index is 1.61. The van der Waals surface area contributed by atoms with Crippen LogP contribution in [0.2, 0.25) is 0 Å². The Morgan fingerprint density at radius 1 is 1.33 bits per heavy atom. The Kier molecular flexibility index (Phi) is 4.24. The van der Waals surface area contributed by atoms with Crippen LogP contribution in [0, 0.1) is 6.92 Å². The predicted octanol–water partition coefficient (Wildman–Crippen LogP) is 2.57. The highest BCUT2D eigenvalue weighted by Gasteiger charge is 2.37. The summed E-state index contributed by atoms with van der Waals surface area (Å²) in [6, 6.07) is 4.04. The zero-order valence-corrected chi connectivity index (χ0v) is 12.8. The van der Waals surface area contributed by atoms with Crippen molar-refractivity contribution in [2.24, 2.45) is 0 Å². The third-order valence-electron chi connectivity index (χ3n) is 4.95. The summed E-state index contributed by atoms with van der Waals surface area (Å²) < 4.78 is 0. The van der Waals surface area contributed by atoms with Gasteiger partial charge in [-0.15, -0.1) is 0 Å². The van der Waals surface area contributed by atoms with Crippen LogP contribution in [0.5, 0.6) is 0 Å². The molecule has 2 fully saturated rings. The molecule has 2 aliphatic rings. The van der Waals surface area contributed by atoms with Gasteiger partial charge in [0.05, 0.1) is 5.56 Å². The summed E-state index contributed by atoms with van der Waals surface area (Å²) >= 11 is 0. The SMILES string of the molecule is Cc1ccc(C(=O)NC2CCNC3(CCCCC3)C2)cn1. The van der Waals surface area contributed by atoms with Crippen LogP contribution in [0.3, 0.4) is 0 Å². The van der Waals surface area contributed by atoms with E-state index in [1.807, 2.05) is 19.1 Å². The van der Waals surface area contributed by atoms with Crippen molar-refractivity contribution in [2.45, 2.75) is 63.5 Å². The quantitative estimate of drug-likeness (QED) is 0.879. The van der Waals surface area contributed by atoms with Gasteiger partial charge in [0.25, 0.3) is 5.91 Å². The lowest BCUT2D eigenvalue weighted by Gasteiger charge is -2.44. The molecule has 4 nitrogen and oxygen atoms in total. The number of nitrogens with zero attached hydrogens (tertiary/aromatic N) is 1. The summed E-state index contributed by atoms with van der Waals surface area (Å²) in [5.41, 5.74) is 1.88. The number of amides is 1. The van der Waals surface area contributed by atoms with E-state index in [0.29, 0.717) is 5.56 Å². The van der Waals surface area contributed by atoms with Gasteiger partial charge in [-0.3, -0.25) is 9.78 Å². The molecule has 2 N–H and O–H groups in total. The first kappa shape index (κ1) is 14.5. The topological polar surface area (TPSA) is 54.0 Å². The number of carbonyl (C=O) groups is 1. The minimum Gasteiger partial charge on any atom is -0.349 e. The van der Waals surface area contributed by atoms with Gasteiger partial charge in [-0.1, -0.05) is 19.3 Å². The van der Waals surface area contributed by atoms with Crippen LogP contribution in [0.15, 0.2) is 18.3 Å². The highest BCUT2D eigenvalue weighted by molar-refractivity contribution is 5.94. The van der Waals surface area contributed by atoms with Gasteiger partial charge >= 0.3 is 0 Å². The van der Waals surface area contributed by atoms with Gasteiger partial charge in [0.1, 0.15) is 0 Å². The van der Waals surface area contributed by atoms with Crippen LogP contribution in [0.25, 0.3) is 0 Å². The lowest BCUT2D eigenvalue weighted by molar-refractivity contribution is 0.0892. The molecule has 1 unspecified atom stereocenters. The maximum absolute atomic E-state index is 12.3. The van der Waals surface area contributed by atoms with E-state index in [1.54, 1.807) is 6.20 Å². The van der Waals surface area contributed by atoms with Crippen molar-refractivity contribution in [1.82, 2.24) is 15.6 Å². The molecule has 0 bridgehead atoms. The van der Waals surface area contributed by atoms with Crippen molar-refractivity contribution in [3.05, 3.63) is 29.6 Å². The van der Waals surface area contributed by atoms with Gasteiger partial charge in [-0.05, 0) is 51.3 Å². The number of hydrogen-bond donors (Lipinski definition) is 2. The largest absolute Gasteiger partial charge is 0.349 e. The Bertz CT molecular complexity index is 486. The standard InChI is InChI=1S/C17H25N3O/c1-13-5-6-14(12-18-13)16(21)20-15-7-10-19-17(11-15)8-3-2-4-9-17/h5-6,12,15,19H,2-4,7-11H2,1H3,(H,20,21). The summed E-state index contributed by atoms with van der Waals surface area (Å²) in [7, 11) is 0. The fraction of sp³-hybridized carbons (Fsp3) is 0.647. The van der Waals surface area contributed by atoms with Crippen LogP contribution in [0.1, 0.15) is 61.0 Å². The molecule has 2 heterocycles. The number of pyridine rings is 1. The molecule has 1 aromatic rings. The van der Waals surface area contributed by atoms with E-state index in [1.165, 1.54) is 32.1 Å². The molecule has 1 atom stereocenters. The molecule has 4 heteroatoms. The maximum Gasteiger partial charge on any atom is 0.253 e. The Morgan fingerprint density at radius 2 is 2.14 bits per heavy atom. The summed E-state index contributed by atoms with van der Waals surface area (Å²) in [5, 5.41) is 6.93. The highest BCUT2D eigenvalue weighted by atomic mass is 16.1. The van der Waals surface area contributed by atoms with Crippen LogP contribution >= 0.6 is 0 Å². The molecule has 1 aliphatic carbocycles. The third kappa shape index (κ3) is 3.43. The van der Waals surface area contributed by atoms with Crippen molar-refractivity contribution in [3.63, 3.8) is 0 Å². The fourth-order valence-electron chi connectivity index (χ4n) is 3.76. The molecular weight excluding hydrogens is 262 g/mol. The second-order valence-corrected chi connectivity index (χ2v) is 6.62. The molecular formula is C17H25N3O. The first-order chi connectivity index (χ1) is 10.2. The molecule has 0 radical (unpaired) electrons. The summed E-state index contributed by atoms with van der Waals surface area (Å²) in [5.74, 6) is 0.0142. The zero-order chi connectivity index (χ0) is 14.7. The third-order valence-corrected chi connectivity index (χ3v) is 4.95. The number of nitrogens with one attached hydrogen (secondary N) is 2. The van der Waals surface area contributed by atoms with Crippen LogP contribution < -0.4 is 10.6 Å². The minimum atomic E-state index is 0.0142. The van der Waals surface area contributed by atoms with Gasteiger partial charge in [0, 0.05) is 23.5 Å². The van der Waals surface area contributed by atoms with Crippen molar-refractivity contribution < 1.29 is 4.79 Å². The molecule has 1 saturated carbocycles. The Labute approximate surface area is 126 Å². The van der Waals surface area contributed by atoms with E-state index < -0.39 is 0 Å². The van der Waals surface area contributed by atoms with Crippen molar-refractivity contribution in [1.29, 1.82) is 0 Å². The molecule has 114 valence electrons. The molecule has 1 amide bonds.